The van der Waals surface area contributed by atoms with E-state index in [-0.39, 0.29) is 17.4 Å². The van der Waals surface area contributed by atoms with Crippen molar-refractivity contribution >= 4 is 11.8 Å². The van der Waals surface area contributed by atoms with E-state index < -0.39 is 17.8 Å². The maximum absolute atomic E-state index is 13.7. The van der Waals surface area contributed by atoms with Crippen molar-refractivity contribution in [2.75, 3.05) is 0 Å². The zero-order valence-electron chi connectivity index (χ0n) is 14.7. The third-order valence-electron chi connectivity index (χ3n) is 3.94. The minimum absolute atomic E-state index is 0.0699. The molecule has 0 aliphatic carbocycles. The van der Waals surface area contributed by atoms with Gasteiger partial charge in [-0.1, -0.05) is 55.8 Å². The molecule has 0 radical (unpaired) electrons. The van der Waals surface area contributed by atoms with Crippen LogP contribution in [0.3, 0.4) is 0 Å². The highest BCUT2D eigenvalue weighted by atomic mass is 19.1. The van der Waals surface area contributed by atoms with Crippen LogP contribution >= 0.6 is 0 Å². The second-order valence-electron chi connectivity index (χ2n) is 6.38. The highest BCUT2D eigenvalue weighted by Crippen LogP contribution is 2.09. The Morgan fingerprint density at radius 1 is 1.04 bits per heavy atom. The van der Waals surface area contributed by atoms with Gasteiger partial charge in [0, 0.05) is 6.54 Å². The third kappa shape index (κ3) is 5.14. The van der Waals surface area contributed by atoms with Crippen LogP contribution in [-0.4, -0.2) is 17.9 Å². The van der Waals surface area contributed by atoms with Gasteiger partial charge in [-0.2, -0.15) is 0 Å². The monoisotopic (exact) mass is 342 g/mol. The number of benzene rings is 2. The summed E-state index contributed by atoms with van der Waals surface area (Å²) in [5, 5.41) is 5.45. The summed E-state index contributed by atoms with van der Waals surface area (Å²) in [4.78, 5) is 24.7. The number of nitrogens with one attached hydrogen (secondary N) is 2. The second kappa shape index (κ2) is 8.42. The van der Waals surface area contributed by atoms with E-state index in [4.69, 9.17) is 0 Å². The summed E-state index contributed by atoms with van der Waals surface area (Å²) in [6.45, 7) is 6.03. The van der Waals surface area contributed by atoms with Crippen LogP contribution in [0.15, 0.2) is 48.5 Å². The Labute approximate surface area is 147 Å². The molecule has 5 heteroatoms. The summed E-state index contributed by atoms with van der Waals surface area (Å²) in [7, 11) is 0. The Morgan fingerprint density at radius 3 is 2.28 bits per heavy atom. The van der Waals surface area contributed by atoms with E-state index in [2.05, 4.69) is 10.6 Å². The molecule has 4 nitrogen and oxygen atoms in total. The van der Waals surface area contributed by atoms with Gasteiger partial charge >= 0.3 is 0 Å². The lowest BCUT2D eigenvalue weighted by Gasteiger charge is -2.22. The van der Waals surface area contributed by atoms with Gasteiger partial charge in [0.2, 0.25) is 5.91 Å². The van der Waals surface area contributed by atoms with Gasteiger partial charge in [-0.15, -0.1) is 0 Å². The van der Waals surface area contributed by atoms with E-state index in [1.54, 1.807) is 6.07 Å². The standard InChI is InChI=1S/C20H23FN2O2/c1-13(2)18(23-19(24)16-6-4-5-7-17(16)21)20(25)22-12-15-10-8-14(3)9-11-15/h4-11,13,18H,12H2,1-3H3,(H,22,25)(H,23,24). The van der Waals surface area contributed by atoms with E-state index in [0.29, 0.717) is 6.54 Å². The lowest BCUT2D eigenvalue weighted by Crippen LogP contribution is -2.49. The molecule has 2 aromatic rings. The highest BCUT2D eigenvalue weighted by Gasteiger charge is 2.25. The van der Waals surface area contributed by atoms with Crippen LogP contribution in [0, 0.1) is 18.7 Å². The van der Waals surface area contributed by atoms with Crippen LogP contribution in [0.1, 0.15) is 35.3 Å². The molecule has 1 atom stereocenters. The molecule has 0 saturated heterocycles. The minimum Gasteiger partial charge on any atom is -0.350 e. The maximum atomic E-state index is 13.7. The van der Waals surface area contributed by atoms with Crippen LogP contribution in [0.2, 0.25) is 0 Å². The average Bonchev–Trinajstić information content (AvgIpc) is 2.58. The quantitative estimate of drug-likeness (QED) is 0.847. The van der Waals surface area contributed by atoms with Gasteiger partial charge in [-0.05, 0) is 30.5 Å². The summed E-state index contributed by atoms with van der Waals surface area (Å²) < 4.78 is 13.7. The molecular formula is C20H23FN2O2. The van der Waals surface area contributed by atoms with Crippen molar-refractivity contribution in [1.29, 1.82) is 0 Å². The number of hydrogen-bond acceptors (Lipinski definition) is 2. The third-order valence-corrected chi connectivity index (χ3v) is 3.94. The van der Waals surface area contributed by atoms with E-state index in [0.717, 1.165) is 11.1 Å². The predicted octanol–water partition coefficient (Wildman–Crippen LogP) is 3.20. The fourth-order valence-corrected chi connectivity index (χ4v) is 2.40. The van der Waals surface area contributed by atoms with Crippen LogP contribution < -0.4 is 10.6 Å². The summed E-state index contributed by atoms with van der Waals surface area (Å²) in [6, 6.07) is 12.8. The molecule has 0 saturated carbocycles. The Morgan fingerprint density at radius 2 is 1.68 bits per heavy atom. The number of amides is 2. The van der Waals surface area contributed by atoms with Crippen molar-refractivity contribution in [2.24, 2.45) is 5.92 Å². The van der Waals surface area contributed by atoms with Crippen LogP contribution in [0.25, 0.3) is 0 Å². The lowest BCUT2D eigenvalue weighted by molar-refractivity contribution is -0.124. The Bertz CT molecular complexity index is 742. The molecule has 2 rings (SSSR count). The molecule has 0 spiro atoms. The smallest absolute Gasteiger partial charge is 0.254 e. The fourth-order valence-electron chi connectivity index (χ4n) is 2.40. The van der Waals surface area contributed by atoms with E-state index in [1.165, 1.54) is 18.2 Å². The molecule has 1 unspecified atom stereocenters. The van der Waals surface area contributed by atoms with Crippen LogP contribution in [0.4, 0.5) is 4.39 Å². The van der Waals surface area contributed by atoms with Gasteiger partial charge in [0.05, 0.1) is 5.56 Å². The molecule has 2 N–H and O–H groups in total. The van der Waals surface area contributed by atoms with Crippen molar-refractivity contribution in [1.82, 2.24) is 10.6 Å². The molecule has 25 heavy (non-hydrogen) atoms. The Balaban J connectivity index is 2.01. The second-order valence-corrected chi connectivity index (χ2v) is 6.38. The van der Waals surface area contributed by atoms with Gasteiger partial charge < -0.3 is 10.6 Å². The van der Waals surface area contributed by atoms with Crippen molar-refractivity contribution in [3.8, 4) is 0 Å². The topological polar surface area (TPSA) is 58.2 Å². The van der Waals surface area contributed by atoms with Crippen LogP contribution in [-0.2, 0) is 11.3 Å². The number of halogens is 1. The number of carbonyl (C=O) groups is 2. The first-order valence-corrected chi connectivity index (χ1v) is 8.27. The zero-order valence-corrected chi connectivity index (χ0v) is 14.7. The number of hydrogen-bond donors (Lipinski definition) is 2. The zero-order chi connectivity index (χ0) is 18.4. The van der Waals surface area contributed by atoms with Gasteiger partial charge in [0.25, 0.3) is 5.91 Å². The van der Waals surface area contributed by atoms with E-state index >= 15 is 0 Å². The first kappa shape index (κ1) is 18.6. The van der Waals surface area contributed by atoms with Gasteiger partial charge in [-0.3, -0.25) is 9.59 Å². The average molecular weight is 342 g/mol. The summed E-state index contributed by atoms with van der Waals surface area (Å²) in [5.41, 5.74) is 2.05. The molecule has 2 amide bonds. The first-order valence-electron chi connectivity index (χ1n) is 8.27. The largest absolute Gasteiger partial charge is 0.350 e. The fraction of sp³-hybridized carbons (Fsp3) is 0.300. The number of aryl methyl sites for hydroxylation is 1. The molecule has 132 valence electrons. The van der Waals surface area contributed by atoms with Gasteiger partial charge in [0.15, 0.2) is 0 Å². The maximum Gasteiger partial charge on any atom is 0.254 e. The molecule has 0 bridgehead atoms. The van der Waals surface area contributed by atoms with Crippen molar-refractivity contribution in [3.05, 3.63) is 71.0 Å². The Kier molecular flexibility index (Phi) is 6.28. The van der Waals surface area contributed by atoms with E-state index in [1.807, 2.05) is 45.0 Å². The van der Waals surface area contributed by atoms with Gasteiger partial charge in [0.1, 0.15) is 11.9 Å². The van der Waals surface area contributed by atoms with Gasteiger partial charge in [-0.25, -0.2) is 4.39 Å². The molecule has 0 fully saturated rings. The molecule has 2 aromatic carbocycles. The molecule has 0 aliphatic rings. The minimum atomic E-state index is -0.738. The van der Waals surface area contributed by atoms with Crippen molar-refractivity contribution in [2.45, 2.75) is 33.4 Å². The SMILES string of the molecule is Cc1ccc(CNC(=O)C(NC(=O)c2ccccc2F)C(C)C)cc1. The molecule has 0 aliphatic heterocycles. The lowest BCUT2D eigenvalue weighted by atomic mass is 10.0. The molecular weight excluding hydrogens is 319 g/mol. The number of rotatable bonds is 6. The van der Waals surface area contributed by atoms with Crippen molar-refractivity contribution in [3.63, 3.8) is 0 Å². The van der Waals surface area contributed by atoms with Crippen molar-refractivity contribution < 1.29 is 14.0 Å². The first-order chi connectivity index (χ1) is 11.9. The molecule has 0 heterocycles. The normalized spacial score (nSPS) is 11.9. The summed E-state index contributed by atoms with van der Waals surface area (Å²) in [5.74, 6) is -1.63. The highest BCUT2D eigenvalue weighted by molar-refractivity contribution is 5.97. The Hall–Kier alpha value is -2.69. The molecule has 0 aromatic heterocycles. The summed E-state index contributed by atoms with van der Waals surface area (Å²) >= 11 is 0. The summed E-state index contributed by atoms with van der Waals surface area (Å²) in [6.07, 6.45) is 0. The number of carbonyl (C=O) groups excluding carboxylic acids is 2. The predicted molar refractivity (Wildman–Crippen MR) is 95.5 cm³/mol. The van der Waals surface area contributed by atoms with Crippen LogP contribution in [0.5, 0.6) is 0 Å². The van der Waals surface area contributed by atoms with E-state index in [9.17, 15) is 14.0 Å².